The van der Waals surface area contributed by atoms with E-state index in [9.17, 15) is 4.79 Å². The first-order chi connectivity index (χ1) is 12.0. The summed E-state index contributed by atoms with van der Waals surface area (Å²) in [4.78, 5) is 12.6. The van der Waals surface area contributed by atoms with E-state index in [0.717, 1.165) is 11.1 Å². The predicted molar refractivity (Wildman–Crippen MR) is 100 cm³/mol. The molecule has 1 saturated carbocycles. The number of carbonyl (C=O) groups excluding carboxylic acids is 1. The van der Waals surface area contributed by atoms with Gasteiger partial charge in [0.15, 0.2) is 0 Å². The molecule has 0 aromatic heterocycles. The number of allylic oxidation sites excluding steroid dienone is 3. The zero-order chi connectivity index (χ0) is 17.6. The van der Waals surface area contributed by atoms with Gasteiger partial charge in [-0.3, -0.25) is 0 Å². The standard InChI is InChI=1S/C23H22O2/c1-14(2)22(25-23(24)16-7-5-4-6-8-16)21-13-17-12-19(17)18-10-9-15(3)11-20(18)21/h4-11,13,17,19H,12H2,1-3H3/t17-,19-/m1/s1. The molecule has 1 fully saturated rings. The Bertz CT molecular complexity index is 899. The Morgan fingerprint density at radius 2 is 1.84 bits per heavy atom. The van der Waals surface area contributed by atoms with Crippen LogP contribution in [0.2, 0.25) is 0 Å². The van der Waals surface area contributed by atoms with Crippen LogP contribution in [0.25, 0.3) is 5.57 Å². The molecule has 0 amide bonds. The molecule has 126 valence electrons. The molecule has 0 bridgehead atoms. The lowest BCUT2D eigenvalue weighted by molar-refractivity contribution is 0.0637. The Balaban J connectivity index is 1.73. The number of aryl methyl sites for hydroxylation is 1. The lowest BCUT2D eigenvalue weighted by Gasteiger charge is -2.21. The Morgan fingerprint density at radius 3 is 2.56 bits per heavy atom. The van der Waals surface area contributed by atoms with E-state index in [4.69, 9.17) is 4.74 Å². The second-order valence-electron chi connectivity index (χ2n) is 7.26. The van der Waals surface area contributed by atoms with E-state index < -0.39 is 0 Å². The van der Waals surface area contributed by atoms with E-state index >= 15 is 0 Å². The molecule has 0 saturated heterocycles. The Hall–Kier alpha value is -2.61. The summed E-state index contributed by atoms with van der Waals surface area (Å²) in [5, 5.41) is 0. The summed E-state index contributed by atoms with van der Waals surface area (Å²) in [6.45, 7) is 6.11. The van der Waals surface area contributed by atoms with Gasteiger partial charge in [-0.05, 0) is 67.9 Å². The van der Waals surface area contributed by atoms with Crippen LogP contribution in [0.5, 0.6) is 0 Å². The molecule has 2 nitrogen and oxygen atoms in total. The van der Waals surface area contributed by atoms with Crippen molar-refractivity contribution in [3.05, 3.63) is 88.2 Å². The first-order valence-corrected chi connectivity index (χ1v) is 8.82. The molecule has 0 aliphatic heterocycles. The zero-order valence-electron chi connectivity index (χ0n) is 14.9. The summed E-state index contributed by atoms with van der Waals surface area (Å²) in [7, 11) is 0. The average molecular weight is 330 g/mol. The third-order valence-electron chi connectivity index (χ3n) is 5.02. The van der Waals surface area contributed by atoms with E-state index in [0.29, 0.717) is 23.2 Å². The summed E-state index contributed by atoms with van der Waals surface area (Å²) in [6, 6.07) is 15.8. The molecule has 0 spiro atoms. The van der Waals surface area contributed by atoms with Gasteiger partial charge in [0, 0.05) is 5.57 Å². The van der Waals surface area contributed by atoms with Crippen LogP contribution in [-0.4, -0.2) is 5.97 Å². The third-order valence-corrected chi connectivity index (χ3v) is 5.02. The molecule has 25 heavy (non-hydrogen) atoms. The van der Waals surface area contributed by atoms with Crippen molar-refractivity contribution >= 4 is 11.5 Å². The third kappa shape index (κ3) is 2.93. The van der Waals surface area contributed by atoms with Gasteiger partial charge in [-0.25, -0.2) is 4.79 Å². The molecule has 2 heteroatoms. The summed E-state index contributed by atoms with van der Waals surface area (Å²) < 4.78 is 5.87. The van der Waals surface area contributed by atoms with Crippen LogP contribution in [-0.2, 0) is 4.74 Å². The monoisotopic (exact) mass is 330 g/mol. The molecule has 0 radical (unpaired) electrons. The second-order valence-corrected chi connectivity index (χ2v) is 7.26. The van der Waals surface area contributed by atoms with Crippen molar-refractivity contribution in [2.45, 2.75) is 33.1 Å². The van der Waals surface area contributed by atoms with Crippen LogP contribution in [0.3, 0.4) is 0 Å². The smallest absolute Gasteiger partial charge is 0.343 e. The molecule has 2 atom stereocenters. The van der Waals surface area contributed by atoms with E-state index in [1.807, 2.05) is 32.0 Å². The quantitative estimate of drug-likeness (QED) is 0.537. The SMILES string of the molecule is CC(C)=C(OC(=O)c1ccccc1)C1=C[C@H]2C[C@H]2c2ccc(C)cc21. The first-order valence-electron chi connectivity index (χ1n) is 8.82. The molecule has 0 unspecified atom stereocenters. The lowest BCUT2D eigenvalue weighted by Crippen LogP contribution is -2.10. The Labute approximate surface area is 148 Å². The highest BCUT2D eigenvalue weighted by Crippen LogP contribution is 2.56. The normalized spacial score (nSPS) is 20.0. The highest BCUT2D eigenvalue weighted by Gasteiger charge is 2.42. The van der Waals surface area contributed by atoms with Crippen LogP contribution in [0.15, 0.2) is 65.9 Å². The van der Waals surface area contributed by atoms with Crippen molar-refractivity contribution in [3.63, 3.8) is 0 Å². The predicted octanol–water partition coefficient (Wildman–Crippen LogP) is 5.65. The van der Waals surface area contributed by atoms with Crippen LogP contribution in [0.1, 0.15) is 53.2 Å². The second kappa shape index (κ2) is 6.03. The topological polar surface area (TPSA) is 26.3 Å². The van der Waals surface area contributed by atoms with Crippen LogP contribution in [0, 0.1) is 12.8 Å². The molecule has 0 heterocycles. The van der Waals surface area contributed by atoms with Gasteiger partial charge in [0.05, 0.1) is 5.56 Å². The minimum absolute atomic E-state index is 0.301. The van der Waals surface area contributed by atoms with Crippen molar-refractivity contribution in [2.24, 2.45) is 5.92 Å². The summed E-state index contributed by atoms with van der Waals surface area (Å²) in [5.41, 5.74) is 6.50. The maximum atomic E-state index is 12.6. The van der Waals surface area contributed by atoms with E-state index in [-0.39, 0.29) is 5.97 Å². The summed E-state index contributed by atoms with van der Waals surface area (Å²) in [6.07, 6.45) is 3.50. The first kappa shape index (κ1) is 15.9. The fourth-order valence-corrected chi connectivity index (χ4v) is 3.64. The van der Waals surface area contributed by atoms with Crippen molar-refractivity contribution in [3.8, 4) is 0 Å². The van der Waals surface area contributed by atoms with Crippen LogP contribution >= 0.6 is 0 Å². The minimum Gasteiger partial charge on any atom is -0.422 e. The molecule has 2 aliphatic carbocycles. The lowest BCUT2D eigenvalue weighted by atomic mass is 9.87. The van der Waals surface area contributed by atoms with Gasteiger partial charge < -0.3 is 4.74 Å². The number of carbonyl (C=O) groups is 1. The number of hydrogen-bond donors (Lipinski definition) is 0. The zero-order valence-corrected chi connectivity index (χ0v) is 14.9. The van der Waals surface area contributed by atoms with E-state index in [1.54, 1.807) is 12.1 Å². The van der Waals surface area contributed by atoms with Gasteiger partial charge >= 0.3 is 5.97 Å². The average Bonchev–Trinajstić information content (AvgIpc) is 3.39. The van der Waals surface area contributed by atoms with Crippen LogP contribution < -0.4 is 0 Å². The summed E-state index contributed by atoms with van der Waals surface area (Å²) >= 11 is 0. The number of ether oxygens (including phenoxy) is 1. The van der Waals surface area contributed by atoms with E-state index in [1.165, 1.54) is 23.1 Å². The van der Waals surface area contributed by atoms with Gasteiger partial charge in [0.25, 0.3) is 0 Å². The summed E-state index contributed by atoms with van der Waals surface area (Å²) in [5.74, 6) is 1.62. The van der Waals surface area contributed by atoms with E-state index in [2.05, 4.69) is 31.2 Å². The highest BCUT2D eigenvalue weighted by molar-refractivity contribution is 5.93. The Kier molecular flexibility index (Phi) is 3.84. The van der Waals surface area contributed by atoms with Gasteiger partial charge in [0.1, 0.15) is 5.76 Å². The van der Waals surface area contributed by atoms with Crippen molar-refractivity contribution in [2.75, 3.05) is 0 Å². The Morgan fingerprint density at radius 1 is 1.08 bits per heavy atom. The molecule has 0 N–H and O–H groups in total. The molecule has 2 aliphatic rings. The largest absolute Gasteiger partial charge is 0.422 e. The number of esters is 1. The molecule has 2 aromatic rings. The van der Waals surface area contributed by atoms with Gasteiger partial charge in [0.2, 0.25) is 0 Å². The van der Waals surface area contributed by atoms with Gasteiger partial charge in [-0.15, -0.1) is 0 Å². The van der Waals surface area contributed by atoms with Crippen molar-refractivity contribution in [1.82, 2.24) is 0 Å². The van der Waals surface area contributed by atoms with Crippen molar-refractivity contribution < 1.29 is 9.53 Å². The number of hydrogen-bond acceptors (Lipinski definition) is 2. The number of fused-ring (bicyclic) bond motifs is 3. The number of rotatable bonds is 3. The minimum atomic E-state index is -0.301. The van der Waals surface area contributed by atoms with Crippen molar-refractivity contribution in [1.29, 1.82) is 0 Å². The molecular formula is C23H22O2. The molecular weight excluding hydrogens is 308 g/mol. The fraction of sp³-hybridized carbons (Fsp3) is 0.261. The highest BCUT2D eigenvalue weighted by atomic mass is 16.5. The van der Waals surface area contributed by atoms with Gasteiger partial charge in [-0.1, -0.05) is 48.0 Å². The maximum absolute atomic E-state index is 12.6. The molecule has 4 rings (SSSR count). The maximum Gasteiger partial charge on any atom is 0.343 e. The fourth-order valence-electron chi connectivity index (χ4n) is 3.64. The molecule has 2 aromatic carbocycles. The van der Waals surface area contributed by atoms with Gasteiger partial charge in [-0.2, -0.15) is 0 Å². The van der Waals surface area contributed by atoms with Crippen LogP contribution in [0.4, 0.5) is 0 Å². The number of benzene rings is 2.